The summed E-state index contributed by atoms with van der Waals surface area (Å²) in [7, 11) is 1.67. The van der Waals surface area contributed by atoms with Crippen LogP contribution in [0.5, 0.6) is 5.75 Å². The summed E-state index contributed by atoms with van der Waals surface area (Å²) in [4.78, 5) is 0. The normalized spacial score (nSPS) is 12.5. The Balaban J connectivity index is 2.52. The maximum absolute atomic E-state index is 9.08. The van der Waals surface area contributed by atoms with Gasteiger partial charge in [-0.1, -0.05) is 12.1 Å². The quantitative estimate of drug-likeness (QED) is 0.771. The van der Waals surface area contributed by atoms with Gasteiger partial charge in [0.2, 0.25) is 0 Å². The molecule has 0 amide bonds. The van der Waals surface area contributed by atoms with E-state index in [4.69, 9.17) is 9.84 Å². The molecule has 1 aromatic rings. The molecule has 0 aliphatic carbocycles. The predicted octanol–water partition coefficient (Wildman–Crippen LogP) is 1.47. The summed E-state index contributed by atoms with van der Waals surface area (Å²) < 4.78 is 5.18. The molecule has 0 radical (unpaired) electrons. The van der Waals surface area contributed by atoms with Crippen LogP contribution in [0.3, 0.4) is 0 Å². The van der Waals surface area contributed by atoms with Gasteiger partial charge in [0, 0.05) is 13.1 Å². The molecule has 3 heteroatoms. The summed E-state index contributed by atoms with van der Waals surface area (Å²) in [6.45, 7) is 5.18. The highest BCUT2D eigenvalue weighted by molar-refractivity contribution is 5.36. The van der Waals surface area contributed by atoms with E-state index in [0.29, 0.717) is 6.54 Å². The van der Waals surface area contributed by atoms with Crippen LogP contribution in [0, 0.1) is 6.92 Å². The lowest BCUT2D eigenvalue weighted by Gasteiger charge is -2.09. The van der Waals surface area contributed by atoms with E-state index in [0.717, 1.165) is 17.9 Å². The monoisotopic (exact) mass is 209 g/mol. The first-order valence-corrected chi connectivity index (χ1v) is 5.15. The third-order valence-electron chi connectivity index (χ3n) is 2.23. The van der Waals surface area contributed by atoms with E-state index in [-0.39, 0.29) is 6.10 Å². The Labute approximate surface area is 91.1 Å². The van der Waals surface area contributed by atoms with Crippen LogP contribution in [-0.2, 0) is 6.54 Å². The van der Waals surface area contributed by atoms with E-state index in [1.54, 1.807) is 14.0 Å². The van der Waals surface area contributed by atoms with Crippen LogP contribution in [0.25, 0.3) is 0 Å². The number of hydrogen-bond donors (Lipinski definition) is 2. The molecular formula is C12H19NO2. The predicted molar refractivity (Wildman–Crippen MR) is 61.1 cm³/mol. The molecule has 84 valence electrons. The molecule has 2 N–H and O–H groups in total. The molecule has 3 nitrogen and oxygen atoms in total. The Morgan fingerprint density at radius 1 is 1.47 bits per heavy atom. The first kappa shape index (κ1) is 12.0. The van der Waals surface area contributed by atoms with Crippen molar-refractivity contribution in [1.82, 2.24) is 5.32 Å². The Hall–Kier alpha value is -1.06. The van der Waals surface area contributed by atoms with Crippen molar-refractivity contribution >= 4 is 0 Å². The van der Waals surface area contributed by atoms with E-state index in [9.17, 15) is 0 Å². The van der Waals surface area contributed by atoms with Crippen LogP contribution in [0.15, 0.2) is 18.2 Å². The highest BCUT2D eigenvalue weighted by Crippen LogP contribution is 2.18. The first-order chi connectivity index (χ1) is 7.13. The van der Waals surface area contributed by atoms with Crippen molar-refractivity contribution in [2.75, 3.05) is 13.7 Å². The second-order valence-corrected chi connectivity index (χ2v) is 3.78. The maximum atomic E-state index is 9.08. The molecule has 0 fully saturated rings. The SMILES string of the molecule is COc1ccc(CNCC(C)O)cc1C. The lowest BCUT2D eigenvalue weighted by Crippen LogP contribution is -2.23. The fourth-order valence-electron chi connectivity index (χ4n) is 1.48. The standard InChI is InChI=1S/C12H19NO2/c1-9-6-11(4-5-12(9)15-3)8-13-7-10(2)14/h4-6,10,13-14H,7-8H2,1-3H3. The van der Waals surface area contributed by atoms with Crippen LogP contribution in [0.1, 0.15) is 18.1 Å². The fourth-order valence-corrected chi connectivity index (χ4v) is 1.48. The fraction of sp³-hybridized carbons (Fsp3) is 0.500. The number of aliphatic hydroxyl groups is 1. The highest BCUT2D eigenvalue weighted by Gasteiger charge is 2.00. The van der Waals surface area contributed by atoms with Gasteiger partial charge in [-0.15, -0.1) is 0 Å². The Morgan fingerprint density at radius 2 is 2.20 bits per heavy atom. The minimum absolute atomic E-state index is 0.302. The smallest absolute Gasteiger partial charge is 0.121 e. The molecule has 0 heterocycles. The molecular weight excluding hydrogens is 190 g/mol. The van der Waals surface area contributed by atoms with Gasteiger partial charge in [0.25, 0.3) is 0 Å². The van der Waals surface area contributed by atoms with Crippen LogP contribution in [-0.4, -0.2) is 24.9 Å². The molecule has 0 aliphatic heterocycles. The van der Waals surface area contributed by atoms with Crippen molar-refractivity contribution in [1.29, 1.82) is 0 Å². The highest BCUT2D eigenvalue weighted by atomic mass is 16.5. The van der Waals surface area contributed by atoms with Gasteiger partial charge in [0.1, 0.15) is 5.75 Å². The number of aryl methyl sites for hydroxylation is 1. The molecule has 0 bridgehead atoms. The summed E-state index contributed by atoms with van der Waals surface area (Å²) in [6.07, 6.45) is -0.302. The molecule has 15 heavy (non-hydrogen) atoms. The third-order valence-corrected chi connectivity index (χ3v) is 2.23. The second kappa shape index (κ2) is 5.73. The number of hydrogen-bond acceptors (Lipinski definition) is 3. The van der Waals surface area contributed by atoms with Crippen LogP contribution in [0.2, 0.25) is 0 Å². The van der Waals surface area contributed by atoms with E-state index >= 15 is 0 Å². The van der Waals surface area contributed by atoms with Gasteiger partial charge in [0.15, 0.2) is 0 Å². The minimum Gasteiger partial charge on any atom is -0.496 e. The van der Waals surface area contributed by atoms with Gasteiger partial charge in [-0.05, 0) is 31.0 Å². The Morgan fingerprint density at radius 3 is 2.73 bits per heavy atom. The zero-order valence-corrected chi connectivity index (χ0v) is 9.58. The van der Waals surface area contributed by atoms with E-state index < -0.39 is 0 Å². The molecule has 1 aromatic carbocycles. The van der Waals surface area contributed by atoms with Crippen LogP contribution in [0.4, 0.5) is 0 Å². The second-order valence-electron chi connectivity index (χ2n) is 3.78. The summed E-state index contributed by atoms with van der Waals surface area (Å²) in [5, 5.41) is 12.3. The lowest BCUT2D eigenvalue weighted by atomic mass is 10.1. The Kier molecular flexibility index (Phi) is 4.59. The topological polar surface area (TPSA) is 41.5 Å². The molecule has 1 atom stereocenters. The minimum atomic E-state index is -0.302. The van der Waals surface area contributed by atoms with Crippen LogP contribution < -0.4 is 10.1 Å². The van der Waals surface area contributed by atoms with E-state index in [1.165, 1.54) is 5.56 Å². The largest absolute Gasteiger partial charge is 0.496 e. The molecule has 0 aromatic heterocycles. The van der Waals surface area contributed by atoms with Gasteiger partial charge < -0.3 is 15.2 Å². The summed E-state index contributed by atoms with van der Waals surface area (Å²) in [5.41, 5.74) is 2.34. The number of aliphatic hydroxyl groups excluding tert-OH is 1. The van der Waals surface area contributed by atoms with Crippen molar-refractivity contribution in [3.63, 3.8) is 0 Å². The van der Waals surface area contributed by atoms with Gasteiger partial charge in [-0.25, -0.2) is 0 Å². The number of rotatable bonds is 5. The lowest BCUT2D eigenvalue weighted by molar-refractivity contribution is 0.191. The summed E-state index contributed by atoms with van der Waals surface area (Å²) >= 11 is 0. The molecule has 0 aliphatic rings. The zero-order valence-electron chi connectivity index (χ0n) is 9.58. The van der Waals surface area contributed by atoms with Crippen LogP contribution >= 0.6 is 0 Å². The van der Waals surface area contributed by atoms with Crippen molar-refractivity contribution in [3.8, 4) is 5.75 Å². The van der Waals surface area contributed by atoms with Gasteiger partial charge in [-0.2, -0.15) is 0 Å². The van der Waals surface area contributed by atoms with Crippen molar-refractivity contribution in [3.05, 3.63) is 29.3 Å². The summed E-state index contributed by atoms with van der Waals surface area (Å²) in [5.74, 6) is 0.911. The number of benzene rings is 1. The van der Waals surface area contributed by atoms with Gasteiger partial charge in [0.05, 0.1) is 13.2 Å². The van der Waals surface area contributed by atoms with Crippen molar-refractivity contribution in [2.24, 2.45) is 0 Å². The molecule has 0 saturated carbocycles. The molecule has 1 unspecified atom stereocenters. The average Bonchev–Trinajstić information content (AvgIpc) is 2.17. The molecule has 0 saturated heterocycles. The third kappa shape index (κ3) is 3.90. The molecule has 0 spiro atoms. The molecule has 1 rings (SSSR count). The summed E-state index contributed by atoms with van der Waals surface area (Å²) in [6, 6.07) is 6.09. The van der Waals surface area contributed by atoms with Crippen molar-refractivity contribution < 1.29 is 9.84 Å². The maximum Gasteiger partial charge on any atom is 0.121 e. The van der Waals surface area contributed by atoms with Crippen molar-refractivity contribution in [2.45, 2.75) is 26.5 Å². The number of methoxy groups -OCH3 is 1. The number of ether oxygens (including phenoxy) is 1. The number of nitrogens with one attached hydrogen (secondary N) is 1. The average molecular weight is 209 g/mol. The van der Waals surface area contributed by atoms with Gasteiger partial charge in [-0.3, -0.25) is 0 Å². The zero-order chi connectivity index (χ0) is 11.3. The van der Waals surface area contributed by atoms with E-state index in [1.807, 2.05) is 19.1 Å². The van der Waals surface area contributed by atoms with Gasteiger partial charge >= 0.3 is 0 Å². The Bertz CT molecular complexity index is 310. The first-order valence-electron chi connectivity index (χ1n) is 5.15. The van der Waals surface area contributed by atoms with E-state index in [2.05, 4.69) is 11.4 Å².